The summed E-state index contributed by atoms with van der Waals surface area (Å²) in [4.78, 5) is 102. The van der Waals surface area contributed by atoms with Crippen molar-refractivity contribution in [3.8, 4) is 23.0 Å². The lowest BCUT2D eigenvalue weighted by Gasteiger charge is -2.40. The molecule has 2 aliphatic heterocycles. The molecule has 4 amide bonds. The quantitative estimate of drug-likeness (QED) is 0.0138. The molecule has 116 heavy (non-hydrogen) atoms. The van der Waals surface area contributed by atoms with Crippen LogP contribution in [0.3, 0.4) is 0 Å². The predicted octanol–water partition coefficient (Wildman–Crippen LogP) is 21.1. The number of amides is 4. The second-order valence-corrected chi connectivity index (χ2v) is 27.2. The van der Waals surface area contributed by atoms with Crippen LogP contribution < -0.4 is 28.7 Å². The third-order valence-electron chi connectivity index (χ3n) is 18.8. The standard InChI is InChI=1S/C36H19F30NO6.C36H49NO6/c1-12(14-3-7-16(8-4-14)72-21(70)23(37,38)25(41,42)27(45,46)29(49,50)31(53,54)33(57,58)35(61,62)63)11-18-13(2)19(68)67(20(18)69)15-5-9-17(10-6-15)73-22(71)24(39,40)26(43,44)28(47,48)30(51,52)32(55,56)34(59,60)36(64,65)66;1-5-7-9-11-13-15-33(38)42-30-21-17-28(18-22-30)26(3)25-32-27(4)35(40)37(36(32)41)29-19-23-31(24-20-29)43-34(39)16-14-12-10-8-6-2/h3-10,12-13,18H,11H2,1-2H3;17-24,26-27,32H,5-16,25H2,1-4H3. The van der Waals surface area contributed by atoms with Gasteiger partial charge in [0.15, 0.2) is 0 Å². The van der Waals surface area contributed by atoms with Crippen molar-refractivity contribution >= 4 is 58.9 Å². The van der Waals surface area contributed by atoms with Gasteiger partial charge in [-0.15, -0.1) is 0 Å². The van der Waals surface area contributed by atoms with Gasteiger partial charge in [-0.25, -0.2) is 9.59 Å². The monoisotopic (exact) mass is 1720 g/mol. The number of halogens is 30. The molecule has 6 unspecified atom stereocenters. The van der Waals surface area contributed by atoms with Gasteiger partial charge in [0.25, 0.3) is 0 Å². The maximum absolute atomic E-state index is 14.3. The minimum Gasteiger partial charge on any atom is -0.427 e. The Bertz CT molecular complexity index is 4120. The zero-order valence-electron chi connectivity index (χ0n) is 60.7. The van der Waals surface area contributed by atoms with E-state index in [0.717, 1.165) is 57.4 Å². The third-order valence-corrected chi connectivity index (χ3v) is 18.8. The minimum atomic E-state index is -8.73. The Kier molecular flexibility index (Phi) is 30.0. The van der Waals surface area contributed by atoms with Crippen LogP contribution in [-0.2, 0) is 38.4 Å². The third kappa shape index (κ3) is 18.9. The molecule has 0 aliphatic carbocycles. The Hall–Kier alpha value is -9.06. The molecule has 4 aromatic carbocycles. The SMILES string of the molecule is CC(CC1C(=O)N(c2ccc(OC(=O)C(F)(F)C(F)(F)C(F)(F)C(F)(F)C(F)(F)C(F)(F)C(F)(F)F)cc2)C(=O)C1C)c1ccc(OC(=O)C(F)(F)C(F)(F)C(F)(F)C(F)(F)C(F)(F)C(F)(F)C(F)(F)F)cc1.CCCCCCCC(=O)Oc1ccc(C(C)CC2C(=O)N(c3ccc(OC(=O)CCCCCCC)cc3)C(=O)C2C)cc1. The van der Waals surface area contributed by atoms with E-state index in [1.54, 1.807) is 43.3 Å². The second-order valence-electron chi connectivity index (χ2n) is 27.2. The zero-order chi connectivity index (χ0) is 88.9. The molecule has 2 fully saturated rings. The van der Waals surface area contributed by atoms with Crippen molar-refractivity contribution in [3.63, 3.8) is 0 Å². The van der Waals surface area contributed by atoms with Crippen LogP contribution in [-0.4, -0.2) is 131 Å². The average molecular weight is 1720 g/mol. The van der Waals surface area contributed by atoms with E-state index < -0.39 is 160 Å². The number of alkyl halides is 30. The number of carbonyl (C=O) groups excluding carboxylic acids is 8. The maximum atomic E-state index is 14.3. The highest BCUT2D eigenvalue weighted by molar-refractivity contribution is 6.22. The van der Waals surface area contributed by atoms with Crippen LogP contribution in [0, 0.1) is 23.7 Å². The van der Waals surface area contributed by atoms with Gasteiger partial charge < -0.3 is 18.9 Å². The van der Waals surface area contributed by atoms with E-state index >= 15 is 0 Å². The van der Waals surface area contributed by atoms with Gasteiger partial charge >= 0.3 is 107 Å². The Morgan fingerprint density at radius 2 is 0.552 bits per heavy atom. The van der Waals surface area contributed by atoms with E-state index in [4.69, 9.17) is 9.47 Å². The summed E-state index contributed by atoms with van der Waals surface area (Å²) >= 11 is 0. The molecule has 0 bridgehead atoms. The summed E-state index contributed by atoms with van der Waals surface area (Å²) in [6.45, 7) is 10.4. The van der Waals surface area contributed by atoms with Crippen molar-refractivity contribution in [3.05, 3.63) is 108 Å². The summed E-state index contributed by atoms with van der Waals surface area (Å²) in [5.41, 5.74) is 0.690. The van der Waals surface area contributed by atoms with Crippen molar-refractivity contribution in [2.75, 3.05) is 9.80 Å². The first kappa shape index (κ1) is 97.5. The number of rotatable bonds is 36. The summed E-state index contributed by atoms with van der Waals surface area (Å²) < 4.78 is 423. The number of ether oxygens (including phenoxy) is 4. The molecule has 0 radical (unpaired) electrons. The first-order valence-corrected chi connectivity index (χ1v) is 34.5. The van der Waals surface area contributed by atoms with Crippen LogP contribution in [0.5, 0.6) is 23.0 Å². The number of carbonyl (C=O) groups is 8. The molecule has 14 nitrogen and oxygen atoms in total. The van der Waals surface area contributed by atoms with Crippen LogP contribution in [0.15, 0.2) is 97.1 Å². The zero-order valence-corrected chi connectivity index (χ0v) is 60.7. The van der Waals surface area contributed by atoms with Crippen molar-refractivity contribution in [1.29, 1.82) is 0 Å². The van der Waals surface area contributed by atoms with Crippen molar-refractivity contribution in [2.45, 2.75) is 227 Å². The highest BCUT2D eigenvalue weighted by atomic mass is 19.4. The smallest absolute Gasteiger partial charge is 0.427 e. The van der Waals surface area contributed by atoms with E-state index in [9.17, 15) is 170 Å². The average Bonchev–Trinajstić information content (AvgIpc) is 0.804. The number of nitrogens with zero attached hydrogens (tertiary/aromatic N) is 2. The number of hydrogen-bond acceptors (Lipinski definition) is 12. The lowest BCUT2D eigenvalue weighted by molar-refractivity contribution is -0.450. The Balaban J connectivity index is 0.000000472. The van der Waals surface area contributed by atoms with E-state index in [1.807, 2.05) is 19.1 Å². The van der Waals surface area contributed by atoms with Gasteiger partial charge in [0.05, 0.1) is 23.2 Å². The maximum Gasteiger partial charge on any atom is 0.460 e. The van der Waals surface area contributed by atoms with Gasteiger partial charge in [-0.3, -0.25) is 38.6 Å². The summed E-state index contributed by atoms with van der Waals surface area (Å²) in [6.07, 6.45) is -4.31. The van der Waals surface area contributed by atoms with Gasteiger partial charge in [-0.2, -0.15) is 132 Å². The van der Waals surface area contributed by atoms with Crippen LogP contribution in [0.4, 0.5) is 143 Å². The molecule has 6 atom stereocenters. The van der Waals surface area contributed by atoms with Crippen molar-refractivity contribution < 1.29 is 189 Å². The topological polar surface area (TPSA) is 180 Å². The lowest BCUT2D eigenvalue weighted by Crippen LogP contribution is -2.73. The van der Waals surface area contributed by atoms with Crippen molar-refractivity contribution in [1.82, 2.24) is 0 Å². The summed E-state index contributed by atoms with van der Waals surface area (Å²) in [7, 11) is 0. The van der Waals surface area contributed by atoms with E-state index in [0.29, 0.717) is 72.8 Å². The predicted molar refractivity (Wildman–Crippen MR) is 343 cm³/mol. The Morgan fingerprint density at radius 3 is 0.810 bits per heavy atom. The molecular formula is C72H68F30N2O12. The Labute approximate surface area is 637 Å². The van der Waals surface area contributed by atoms with E-state index in [-0.39, 0.29) is 52.3 Å². The van der Waals surface area contributed by atoms with E-state index in [2.05, 4.69) is 23.3 Å². The van der Waals surface area contributed by atoms with Gasteiger partial charge in [0.2, 0.25) is 23.6 Å². The van der Waals surface area contributed by atoms with Gasteiger partial charge in [0, 0.05) is 24.7 Å². The minimum absolute atomic E-state index is 0.0243. The summed E-state index contributed by atoms with van der Waals surface area (Å²) in [6, 6.07) is 17.2. The highest BCUT2D eigenvalue weighted by Gasteiger charge is 2.96. The Morgan fingerprint density at radius 1 is 0.319 bits per heavy atom. The first-order valence-electron chi connectivity index (χ1n) is 34.5. The summed E-state index contributed by atoms with van der Waals surface area (Å²) in [5, 5.41) is 0. The molecule has 2 heterocycles. The van der Waals surface area contributed by atoms with Crippen LogP contribution in [0.2, 0.25) is 0 Å². The highest BCUT2D eigenvalue weighted by Crippen LogP contribution is 2.65. The number of unbranched alkanes of at least 4 members (excludes halogenated alkanes) is 8. The van der Waals surface area contributed by atoms with Crippen molar-refractivity contribution in [2.24, 2.45) is 23.7 Å². The molecule has 0 aromatic heterocycles. The van der Waals surface area contributed by atoms with Crippen LogP contribution >= 0.6 is 0 Å². The van der Waals surface area contributed by atoms with Crippen LogP contribution in [0.1, 0.15) is 154 Å². The largest absolute Gasteiger partial charge is 0.460 e. The molecule has 0 N–H and O–H groups in total. The fourth-order valence-electron chi connectivity index (χ4n) is 11.6. The normalized spacial score (nSPS) is 18.1. The molecule has 0 saturated carbocycles. The molecule has 6 rings (SSSR count). The fraction of sp³-hybridized carbons (Fsp3) is 0.556. The lowest BCUT2D eigenvalue weighted by atomic mass is 9.85. The molecule has 0 spiro atoms. The molecule has 44 heteroatoms. The molecule has 648 valence electrons. The fourth-order valence-corrected chi connectivity index (χ4v) is 11.6. The van der Waals surface area contributed by atoms with Gasteiger partial charge in [0.1, 0.15) is 23.0 Å². The number of esters is 4. The molecule has 4 aromatic rings. The van der Waals surface area contributed by atoms with Crippen LogP contribution in [0.25, 0.3) is 0 Å². The number of imide groups is 2. The molecule has 2 aliphatic rings. The summed E-state index contributed by atoms with van der Waals surface area (Å²) in [5.74, 6) is -118. The second kappa shape index (κ2) is 35.6. The first-order chi connectivity index (χ1) is 52.8. The number of hydrogen-bond donors (Lipinski definition) is 0. The van der Waals surface area contributed by atoms with Gasteiger partial charge in [-0.05, 0) is 121 Å². The van der Waals surface area contributed by atoms with E-state index in [1.165, 1.54) is 31.1 Å². The molecular weight excluding hydrogens is 1650 g/mol. The molecule has 2 saturated heterocycles. The number of benzene rings is 4. The van der Waals surface area contributed by atoms with Gasteiger partial charge in [-0.1, -0.05) is 117 Å². The number of anilines is 2.